The van der Waals surface area contributed by atoms with Crippen molar-refractivity contribution in [2.75, 3.05) is 26.7 Å². The van der Waals surface area contributed by atoms with Crippen molar-refractivity contribution in [3.63, 3.8) is 0 Å². The largest absolute Gasteiger partial charge is 0.317 e. The van der Waals surface area contributed by atoms with Crippen LogP contribution in [0.25, 0.3) is 0 Å². The van der Waals surface area contributed by atoms with Gasteiger partial charge >= 0.3 is 0 Å². The summed E-state index contributed by atoms with van der Waals surface area (Å²) in [6.45, 7) is 6.44. The van der Waals surface area contributed by atoms with Crippen LogP contribution in [0, 0.1) is 17.8 Å². The molecule has 2 N–H and O–H groups in total. The molecule has 4 unspecified atom stereocenters. The van der Waals surface area contributed by atoms with E-state index >= 15 is 0 Å². The lowest BCUT2D eigenvalue weighted by atomic mass is 9.84. The molecule has 6 heteroatoms. The van der Waals surface area contributed by atoms with E-state index in [2.05, 4.69) is 17.0 Å². The Kier molecular flexibility index (Phi) is 6.05. The Labute approximate surface area is 130 Å². The second-order valence-corrected chi connectivity index (χ2v) is 8.59. The van der Waals surface area contributed by atoms with Gasteiger partial charge in [0.05, 0.1) is 0 Å². The summed E-state index contributed by atoms with van der Waals surface area (Å²) in [4.78, 5) is 0. The SMILES string of the molecule is CCNCCCN(C)S(=O)(=O)NC(C)C1CC2CCC1C2. The first-order chi connectivity index (χ1) is 9.94. The molecule has 0 aromatic rings. The number of nitrogens with zero attached hydrogens (tertiary/aromatic N) is 1. The van der Waals surface area contributed by atoms with E-state index in [1.54, 1.807) is 7.05 Å². The highest BCUT2D eigenvalue weighted by molar-refractivity contribution is 7.87. The molecule has 2 rings (SSSR count). The highest BCUT2D eigenvalue weighted by Gasteiger charge is 2.42. The molecule has 124 valence electrons. The molecule has 0 radical (unpaired) electrons. The molecule has 5 nitrogen and oxygen atoms in total. The van der Waals surface area contributed by atoms with Gasteiger partial charge in [0.25, 0.3) is 10.2 Å². The third kappa shape index (κ3) is 4.41. The molecule has 0 amide bonds. The molecule has 2 aliphatic rings. The first-order valence-corrected chi connectivity index (χ1v) is 9.82. The maximum atomic E-state index is 12.4. The first kappa shape index (κ1) is 17.2. The average Bonchev–Trinajstić information content (AvgIpc) is 3.05. The highest BCUT2D eigenvalue weighted by atomic mass is 32.2. The van der Waals surface area contributed by atoms with Crippen LogP contribution in [0.3, 0.4) is 0 Å². The Morgan fingerprint density at radius 1 is 1.29 bits per heavy atom. The predicted molar refractivity (Wildman–Crippen MR) is 86.2 cm³/mol. The maximum absolute atomic E-state index is 12.4. The Balaban J connectivity index is 1.79. The maximum Gasteiger partial charge on any atom is 0.279 e. The van der Waals surface area contributed by atoms with E-state index in [0.29, 0.717) is 12.5 Å². The fourth-order valence-electron chi connectivity index (χ4n) is 4.04. The molecule has 0 spiro atoms. The minimum atomic E-state index is -3.35. The van der Waals surface area contributed by atoms with Gasteiger partial charge in [-0.1, -0.05) is 13.3 Å². The number of rotatable bonds is 9. The van der Waals surface area contributed by atoms with Crippen molar-refractivity contribution in [1.82, 2.24) is 14.3 Å². The van der Waals surface area contributed by atoms with Gasteiger partial charge < -0.3 is 5.32 Å². The molecule has 2 aliphatic carbocycles. The van der Waals surface area contributed by atoms with Crippen LogP contribution in [-0.4, -0.2) is 45.4 Å². The van der Waals surface area contributed by atoms with Gasteiger partial charge in [0.1, 0.15) is 0 Å². The van der Waals surface area contributed by atoms with Crippen molar-refractivity contribution in [1.29, 1.82) is 0 Å². The Hall–Kier alpha value is -0.170. The van der Waals surface area contributed by atoms with E-state index in [9.17, 15) is 8.42 Å². The highest BCUT2D eigenvalue weighted by Crippen LogP contribution is 2.49. The van der Waals surface area contributed by atoms with Gasteiger partial charge in [0.2, 0.25) is 0 Å². The van der Waals surface area contributed by atoms with Gasteiger partial charge in [-0.2, -0.15) is 17.4 Å². The molecule has 0 aromatic heterocycles. The van der Waals surface area contributed by atoms with Crippen molar-refractivity contribution >= 4 is 10.2 Å². The zero-order chi connectivity index (χ0) is 15.5. The molecule has 2 fully saturated rings. The van der Waals surface area contributed by atoms with Gasteiger partial charge in [-0.25, -0.2) is 0 Å². The molecule has 0 aromatic carbocycles. The molecular weight excluding hydrogens is 286 g/mol. The van der Waals surface area contributed by atoms with Gasteiger partial charge in [-0.15, -0.1) is 0 Å². The van der Waals surface area contributed by atoms with E-state index < -0.39 is 10.2 Å². The molecule has 0 saturated heterocycles. The predicted octanol–water partition coefficient (Wildman–Crippen LogP) is 1.58. The second kappa shape index (κ2) is 7.40. The summed E-state index contributed by atoms with van der Waals surface area (Å²) < 4.78 is 29.1. The van der Waals surface area contributed by atoms with Gasteiger partial charge in [-0.3, -0.25) is 0 Å². The van der Waals surface area contributed by atoms with Crippen molar-refractivity contribution in [2.45, 2.75) is 52.0 Å². The van der Waals surface area contributed by atoms with Crippen molar-refractivity contribution < 1.29 is 8.42 Å². The summed E-state index contributed by atoms with van der Waals surface area (Å²) in [5, 5.41) is 3.22. The monoisotopic (exact) mass is 317 g/mol. The van der Waals surface area contributed by atoms with Crippen LogP contribution in [0.4, 0.5) is 0 Å². The van der Waals surface area contributed by atoms with Gasteiger partial charge in [0, 0.05) is 19.6 Å². The summed E-state index contributed by atoms with van der Waals surface area (Å²) >= 11 is 0. The molecular formula is C15H31N3O2S. The molecule has 0 heterocycles. The molecule has 0 aliphatic heterocycles. The third-order valence-corrected chi connectivity index (χ3v) is 6.93. The first-order valence-electron chi connectivity index (χ1n) is 8.38. The van der Waals surface area contributed by atoms with Crippen LogP contribution in [0.5, 0.6) is 0 Å². The van der Waals surface area contributed by atoms with Gasteiger partial charge in [0.15, 0.2) is 0 Å². The van der Waals surface area contributed by atoms with Crippen LogP contribution in [0.15, 0.2) is 0 Å². The second-order valence-electron chi connectivity index (χ2n) is 6.78. The summed E-state index contributed by atoms with van der Waals surface area (Å²) in [6, 6.07) is 0.0570. The van der Waals surface area contributed by atoms with Crippen LogP contribution >= 0.6 is 0 Å². The van der Waals surface area contributed by atoms with Crippen molar-refractivity contribution in [3.05, 3.63) is 0 Å². The summed E-state index contributed by atoms with van der Waals surface area (Å²) in [7, 11) is -1.68. The molecule has 2 saturated carbocycles. The van der Waals surface area contributed by atoms with Crippen LogP contribution in [-0.2, 0) is 10.2 Å². The Bertz CT molecular complexity index is 427. The van der Waals surface area contributed by atoms with Gasteiger partial charge in [-0.05, 0) is 63.5 Å². The number of fused-ring (bicyclic) bond motifs is 2. The van der Waals surface area contributed by atoms with Crippen LogP contribution in [0.1, 0.15) is 46.0 Å². The lowest BCUT2D eigenvalue weighted by Gasteiger charge is -2.30. The minimum Gasteiger partial charge on any atom is -0.317 e. The lowest BCUT2D eigenvalue weighted by molar-refractivity contribution is 0.276. The van der Waals surface area contributed by atoms with E-state index in [4.69, 9.17) is 0 Å². The molecule has 4 atom stereocenters. The summed E-state index contributed by atoms with van der Waals surface area (Å²) in [5.41, 5.74) is 0. The lowest BCUT2D eigenvalue weighted by Crippen LogP contribution is -2.46. The number of nitrogens with one attached hydrogen (secondary N) is 2. The van der Waals surface area contributed by atoms with Crippen LogP contribution < -0.4 is 10.0 Å². The summed E-state index contributed by atoms with van der Waals surface area (Å²) in [5.74, 6) is 2.13. The van der Waals surface area contributed by atoms with E-state index in [1.807, 2.05) is 6.92 Å². The third-order valence-electron chi connectivity index (χ3n) is 5.26. The Morgan fingerprint density at radius 3 is 2.62 bits per heavy atom. The normalized spacial score (nSPS) is 30.2. The molecule has 2 bridgehead atoms. The fourth-order valence-corrected chi connectivity index (χ4v) is 5.24. The number of hydrogen-bond donors (Lipinski definition) is 2. The van der Waals surface area contributed by atoms with Crippen molar-refractivity contribution in [2.24, 2.45) is 17.8 Å². The minimum absolute atomic E-state index is 0.0570. The van der Waals surface area contributed by atoms with E-state index in [0.717, 1.165) is 31.3 Å². The quantitative estimate of drug-likeness (QED) is 0.635. The zero-order valence-electron chi connectivity index (χ0n) is 13.6. The van der Waals surface area contributed by atoms with Crippen LogP contribution in [0.2, 0.25) is 0 Å². The number of hydrogen-bond acceptors (Lipinski definition) is 3. The zero-order valence-corrected chi connectivity index (χ0v) is 14.5. The Morgan fingerprint density at radius 2 is 2.05 bits per heavy atom. The van der Waals surface area contributed by atoms with Crippen molar-refractivity contribution in [3.8, 4) is 0 Å². The fraction of sp³-hybridized carbons (Fsp3) is 1.00. The molecule has 21 heavy (non-hydrogen) atoms. The average molecular weight is 317 g/mol. The van der Waals surface area contributed by atoms with E-state index in [1.165, 1.54) is 30.0 Å². The standard InChI is InChI=1S/C15H31N3O2S/c1-4-16-8-5-9-18(3)21(19,20)17-12(2)15-11-13-6-7-14(15)10-13/h12-17H,4-11H2,1-3H3. The smallest absolute Gasteiger partial charge is 0.279 e. The summed E-state index contributed by atoms with van der Waals surface area (Å²) in [6.07, 6.45) is 6.01. The van der Waals surface area contributed by atoms with E-state index in [-0.39, 0.29) is 6.04 Å². The topological polar surface area (TPSA) is 61.4 Å².